The monoisotopic (exact) mass is 487 g/mol. The topological polar surface area (TPSA) is 70.9 Å². The van der Waals surface area contributed by atoms with E-state index in [2.05, 4.69) is 17.0 Å². The summed E-state index contributed by atoms with van der Waals surface area (Å²) in [5.41, 5.74) is 4.75. The molecule has 1 saturated heterocycles. The van der Waals surface area contributed by atoms with Gasteiger partial charge in [0.1, 0.15) is 5.75 Å². The summed E-state index contributed by atoms with van der Waals surface area (Å²) in [5, 5.41) is 4.70. The van der Waals surface area contributed by atoms with Gasteiger partial charge in [0, 0.05) is 69.2 Å². The van der Waals surface area contributed by atoms with E-state index < -0.39 is 0 Å². The fourth-order valence-electron chi connectivity index (χ4n) is 4.96. The van der Waals surface area contributed by atoms with E-state index in [9.17, 15) is 9.59 Å². The maximum absolute atomic E-state index is 13.6. The number of aromatic nitrogens is 2. The second-order valence-electron chi connectivity index (χ2n) is 9.37. The third-order valence-electron chi connectivity index (χ3n) is 7.06. The molecule has 1 fully saturated rings. The number of amides is 2. The third-order valence-corrected chi connectivity index (χ3v) is 7.06. The molecule has 188 valence electrons. The van der Waals surface area contributed by atoms with Gasteiger partial charge in [-0.25, -0.2) is 0 Å². The summed E-state index contributed by atoms with van der Waals surface area (Å²) in [6.45, 7) is 8.57. The third kappa shape index (κ3) is 4.94. The van der Waals surface area contributed by atoms with Crippen LogP contribution in [0, 0.1) is 6.92 Å². The maximum Gasteiger partial charge on any atom is 0.274 e. The Labute approximate surface area is 212 Å². The summed E-state index contributed by atoms with van der Waals surface area (Å²) in [6.07, 6.45) is 0.682. The van der Waals surface area contributed by atoms with Crippen LogP contribution in [-0.2, 0) is 24.3 Å². The van der Waals surface area contributed by atoms with Gasteiger partial charge < -0.3 is 19.4 Å². The van der Waals surface area contributed by atoms with Gasteiger partial charge in [-0.1, -0.05) is 35.9 Å². The minimum absolute atomic E-state index is 0.0228. The van der Waals surface area contributed by atoms with Crippen molar-refractivity contribution in [2.45, 2.75) is 33.4 Å². The van der Waals surface area contributed by atoms with Crippen LogP contribution in [0.5, 0.6) is 5.75 Å². The number of rotatable bonds is 6. The number of carbonyl (C=O) groups excluding carboxylic acids is 2. The minimum atomic E-state index is -0.0830. The Morgan fingerprint density at radius 2 is 1.64 bits per heavy atom. The number of piperazine rings is 1. The molecule has 8 nitrogen and oxygen atoms in total. The van der Waals surface area contributed by atoms with Crippen molar-refractivity contribution in [2.24, 2.45) is 0 Å². The van der Waals surface area contributed by atoms with E-state index in [4.69, 9.17) is 9.84 Å². The summed E-state index contributed by atoms with van der Waals surface area (Å²) < 4.78 is 7.64. The van der Waals surface area contributed by atoms with Crippen LogP contribution < -0.4 is 9.64 Å². The number of hydrogen-bond donors (Lipinski definition) is 0. The molecular formula is C28H33N5O3. The molecule has 36 heavy (non-hydrogen) atoms. The van der Waals surface area contributed by atoms with E-state index in [1.165, 1.54) is 5.69 Å². The Morgan fingerprint density at radius 1 is 0.917 bits per heavy atom. The average molecular weight is 488 g/mol. The molecule has 2 aliphatic heterocycles. The highest BCUT2D eigenvalue weighted by Gasteiger charge is 2.32. The lowest BCUT2D eigenvalue weighted by atomic mass is 10.0. The lowest BCUT2D eigenvalue weighted by Crippen LogP contribution is -2.49. The standard InChI is InChI=1S/C28H33N5O3/c1-3-33-25-13-14-32(26(34)20-36-23-11-9-21(2)10-12-23)19-24(25)27(29-33)28(35)31-17-15-30(16-18-31)22-7-5-4-6-8-22/h4-12H,3,13-20H2,1-2H3. The van der Waals surface area contributed by atoms with Gasteiger partial charge in [-0.2, -0.15) is 5.10 Å². The summed E-state index contributed by atoms with van der Waals surface area (Å²) in [5.74, 6) is 0.549. The van der Waals surface area contributed by atoms with E-state index in [1.54, 1.807) is 4.90 Å². The quantitative estimate of drug-likeness (QED) is 0.534. The molecular weight excluding hydrogens is 454 g/mol. The second kappa shape index (κ2) is 10.4. The SMILES string of the molecule is CCn1nc(C(=O)N2CCN(c3ccccc3)CC2)c2c1CCN(C(=O)COc1ccc(C)cc1)C2. The molecule has 0 atom stereocenters. The molecule has 0 saturated carbocycles. The van der Waals surface area contributed by atoms with E-state index in [0.717, 1.165) is 29.9 Å². The van der Waals surface area contributed by atoms with Crippen molar-refractivity contribution in [1.82, 2.24) is 19.6 Å². The van der Waals surface area contributed by atoms with E-state index in [1.807, 2.05) is 65.9 Å². The predicted octanol–water partition coefficient (Wildman–Crippen LogP) is 3.14. The minimum Gasteiger partial charge on any atom is -0.484 e. The van der Waals surface area contributed by atoms with Crippen LogP contribution in [0.3, 0.4) is 0 Å². The fraction of sp³-hybridized carbons (Fsp3) is 0.393. The molecule has 0 unspecified atom stereocenters. The molecule has 0 N–H and O–H groups in total. The number of para-hydroxylation sites is 1. The van der Waals surface area contributed by atoms with Crippen LogP contribution in [0.1, 0.15) is 34.2 Å². The van der Waals surface area contributed by atoms with Crippen molar-refractivity contribution >= 4 is 17.5 Å². The summed E-state index contributed by atoms with van der Waals surface area (Å²) in [4.78, 5) is 32.5. The summed E-state index contributed by atoms with van der Waals surface area (Å²) in [7, 11) is 0. The number of anilines is 1. The van der Waals surface area contributed by atoms with Crippen LogP contribution in [0.4, 0.5) is 5.69 Å². The molecule has 2 aliphatic rings. The Hall–Kier alpha value is -3.81. The molecule has 2 amide bonds. The Morgan fingerprint density at radius 3 is 2.33 bits per heavy atom. The zero-order valence-corrected chi connectivity index (χ0v) is 21.0. The van der Waals surface area contributed by atoms with Gasteiger partial charge in [0.05, 0.1) is 0 Å². The van der Waals surface area contributed by atoms with Crippen molar-refractivity contribution in [1.29, 1.82) is 0 Å². The number of aryl methyl sites for hydroxylation is 2. The van der Waals surface area contributed by atoms with E-state index >= 15 is 0 Å². The highest BCUT2D eigenvalue weighted by Crippen LogP contribution is 2.25. The smallest absolute Gasteiger partial charge is 0.274 e. The van der Waals surface area contributed by atoms with E-state index in [0.29, 0.717) is 50.6 Å². The van der Waals surface area contributed by atoms with Gasteiger partial charge in [-0.15, -0.1) is 0 Å². The number of carbonyl (C=O) groups is 2. The molecule has 3 heterocycles. The summed E-state index contributed by atoms with van der Waals surface area (Å²) >= 11 is 0. The molecule has 0 bridgehead atoms. The number of ether oxygens (including phenoxy) is 1. The van der Waals surface area contributed by atoms with Crippen molar-refractivity contribution in [3.63, 3.8) is 0 Å². The molecule has 5 rings (SSSR count). The number of benzene rings is 2. The van der Waals surface area contributed by atoms with Crippen LogP contribution >= 0.6 is 0 Å². The Bertz CT molecular complexity index is 1210. The zero-order valence-electron chi connectivity index (χ0n) is 21.0. The number of nitrogens with zero attached hydrogens (tertiary/aromatic N) is 5. The molecule has 0 radical (unpaired) electrons. The van der Waals surface area contributed by atoms with Gasteiger partial charge >= 0.3 is 0 Å². The van der Waals surface area contributed by atoms with Crippen molar-refractivity contribution in [3.05, 3.63) is 77.1 Å². The highest BCUT2D eigenvalue weighted by atomic mass is 16.5. The second-order valence-corrected chi connectivity index (χ2v) is 9.37. The fourth-order valence-corrected chi connectivity index (χ4v) is 4.96. The highest BCUT2D eigenvalue weighted by molar-refractivity contribution is 5.94. The maximum atomic E-state index is 13.6. The van der Waals surface area contributed by atoms with Crippen molar-refractivity contribution < 1.29 is 14.3 Å². The van der Waals surface area contributed by atoms with Crippen LogP contribution in [0.2, 0.25) is 0 Å². The number of fused-ring (bicyclic) bond motifs is 1. The molecule has 3 aromatic rings. The van der Waals surface area contributed by atoms with E-state index in [-0.39, 0.29) is 18.4 Å². The van der Waals surface area contributed by atoms with Crippen LogP contribution in [-0.4, -0.2) is 70.7 Å². The first-order chi connectivity index (χ1) is 17.5. The molecule has 0 spiro atoms. The first-order valence-corrected chi connectivity index (χ1v) is 12.7. The van der Waals surface area contributed by atoms with Gasteiger partial charge in [-0.3, -0.25) is 14.3 Å². The average Bonchev–Trinajstić information content (AvgIpc) is 3.31. The first kappa shape index (κ1) is 23.9. The van der Waals surface area contributed by atoms with Crippen LogP contribution in [0.25, 0.3) is 0 Å². The van der Waals surface area contributed by atoms with Crippen LogP contribution in [0.15, 0.2) is 54.6 Å². The number of hydrogen-bond acceptors (Lipinski definition) is 5. The predicted molar refractivity (Wildman–Crippen MR) is 138 cm³/mol. The first-order valence-electron chi connectivity index (χ1n) is 12.7. The lowest BCUT2D eigenvalue weighted by Gasteiger charge is -2.36. The van der Waals surface area contributed by atoms with Gasteiger partial charge in [0.25, 0.3) is 11.8 Å². The Kier molecular flexibility index (Phi) is 6.93. The molecule has 1 aromatic heterocycles. The van der Waals surface area contributed by atoms with Gasteiger partial charge in [0.15, 0.2) is 12.3 Å². The van der Waals surface area contributed by atoms with Gasteiger partial charge in [0.2, 0.25) is 0 Å². The molecule has 0 aliphatic carbocycles. The van der Waals surface area contributed by atoms with Crippen molar-refractivity contribution in [3.8, 4) is 5.75 Å². The van der Waals surface area contributed by atoms with Gasteiger partial charge in [-0.05, 0) is 38.1 Å². The summed E-state index contributed by atoms with van der Waals surface area (Å²) in [6, 6.07) is 18.0. The van der Waals surface area contributed by atoms with Crippen molar-refractivity contribution in [2.75, 3.05) is 44.2 Å². The largest absolute Gasteiger partial charge is 0.484 e. The Balaban J connectivity index is 1.26. The normalized spacial score (nSPS) is 15.6. The lowest BCUT2D eigenvalue weighted by molar-refractivity contribution is -0.134. The zero-order chi connectivity index (χ0) is 25.1. The molecule has 8 heteroatoms. The molecule has 2 aromatic carbocycles.